The molecule has 6 nitrogen and oxygen atoms in total. The van der Waals surface area contributed by atoms with Crippen molar-refractivity contribution in [1.82, 2.24) is 5.32 Å². The zero-order valence-electron chi connectivity index (χ0n) is 11.8. The molecule has 116 valence electrons. The van der Waals surface area contributed by atoms with E-state index in [4.69, 9.17) is 0 Å². The van der Waals surface area contributed by atoms with Crippen LogP contribution in [0.1, 0.15) is 6.92 Å². The molecule has 0 aliphatic carbocycles. The standard InChI is InChI=1S/C13H18FN3O3S/c1-8-6-15-7-10(8)13(18)16-9-3-4-11(14)12(5-9)17-21(2,19)20/h3-5,8,10,15,17H,6-7H2,1-2H3,(H,16,18). The molecule has 0 aromatic heterocycles. The summed E-state index contributed by atoms with van der Waals surface area (Å²) in [6.45, 7) is 3.36. The normalized spacial score (nSPS) is 22.0. The van der Waals surface area contributed by atoms with Gasteiger partial charge in [-0.3, -0.25) is 9.52 Å². The molecular formula is C13H18FN3O3S. The Balaban J connectivity index is 2.14. The number of rotatable bonds is 4. The molecule has 1 aliphatic heterocycles. The van der Waals surface area contributed by atoms with Crippen LogP contribution in [0.4, 0.5) is 15.8 Å². The molecule has 1 aliphatic rings. The molecule has 0 radical (unpaired) electrons. The highest BCUT2D eigenvalue weighted by atomic mass is 32.2. The van der Waals surface area contributed by atoms with E-state index >= 15 is 0 Å². The van der Waals surface area contributed by atoms with E-state index in [2.05, 4.69) is 15.4 Å². The number of benzene rings is 1. The lowest BCUT2D eigenvalue weighted by Gasteiger charge is -2.15. The number of nitrogens with one attached hydrogen (secondary N) is 3. The van der Waals surface area contributed by atoms with Crippen molar-refractivity contribution in [3.8, 4) is 0 Å². The maximum Gasteiger partial charge on any atom is 0.229 e. The zero-order chi connectivity index (χ0) is 15.6. The van der Waals surface area contributed by atoms with Gasteiger partial charge >= 0.3 is 0 Å². The van der Waals surface area contributed by atoms with Crippen LogP contribution in [-0.4, -0.2) is 33.7 Å². The van der Waals surface area contributed by atoms with Crippen LogP contribution in [0, 0.1) is 17.7 Å². The quantitative estimate of drug-likeness (QED) is 0.773. The molecule has 1 fully saturated rings. The second-order valence-corrected chi connectivity index (χ2v) is 7.05. The summed E-state index contributed by atoms with van der Waals surface area (Å²) < 4.78 is 38.0. The minimum atomic E-state index is -3.58. The van der Waals surface area contributed by atoms with Gasteiger partial charge in [0.25, 0.3) is 0 Å². The largest absolute Gasteiger partial charge is 0.326 e. The lowest BCUT2D eigenvalue weighted by atomic mass is 9.97. The van der Waals surface area contributed by atoms with E-state index in [1.165, 1.54) is 12.1 Å². The van der Waals surface area contributed by atoms with Gasteiger partial charge in [0.2, 0.25) is 15.9 Å². The molecule has 1 saturated heterocycles. The van der Waals surface area contributed by atoms with E-state index in [-0.39, 0.29) is 23.4 Å². The summed E-state index contributed by atoms with van der Waals surface area (Å²) in [5, 5.41) is 5.82. The van der Waals surface area contributed by atoms with Crippen LogP contribution in [-0.2, 0) is 14.8 Å². The Hall–Kier alpha value is -1.67. The minimum Gasteiger partial charge on any atom is -0.326 e. The Bertz CT molecular complexity index is 648. The first-order valence-corrected chi connectivity index (χ1v) is 8.44. The van der Waals surface area contributed by atoms with Crippen LogP contribution in [0.25, 0.3) is 0 Å². The van der Waals surface area contributed by atoms with Gasteiger partial charge < -0.3 is 10.6 Å². The first-order chi connectivity index (χ1) is 9.76. The highest BCUT2D eigenvalue weighted by Gasteiger charge is 2.29. The fourth-order valence-corrected chi connectivity index (χ4v) is 2.83. The second-order valence-electron chi connectivity index (χ2n) is 5.30. The van der Waals surface area contributed by atoms with Crippen molar-refractivity contribution in [2.75, 3.05) is 29.4 Å². The number of carbonyl (C=O) groups excluding carboxylic acids is 1. The first-order valence-electron chi connectivity index (χ1n) is 6.55. The molecule has 2 atom stereocenters. The average molecular weight is 315 g/mol. The molecule has 8 heteroatoms. The molecule has 0 bridgehead atoms. The predicted molar refractivity (Wildman–Crippen MR) is 79.0 cm³/mol. The van der Waals surface area contributed by atoms with Crippen molar-refractivity contribution in [3.05, 3.63) is 24.0 Å². The molecule has 0 spiro atoms. The van der Waals surface area contributed by atoms with Crippen molar-refractivity contribution in [2.45, 2.75) is 6.92 Å². The molecule has 1 aromatic carbocycles. The zero-order valence-corrected chi connectivity index (χ0v) is 12.6. The van der Waals surface area contributed by atoms with Crippen molar-refractivity contribution < 1.29 is 17.6 Å². The van der Waals surface area contributed by atoms with Crippen LogP contribution >= 0.6 is 0 Å². The van der Waals surface area contributed by atoms with Crippen molar-refractivity contribution >= 4 is 27.3 Å². The minimum absolute atomic E-state index is 0.152. The van der Waals surface area contributed by atoms with Crippen LogP contribution in [0.2, 0.25) is 0 Å². The number of carbonyl (C=O) groups is 1. The smallest absolute Gasteiger partial charge is 0.229 e. The van der Waals surface area contributed by atoms with Crippen molar-refractivity contribution in [2.24, 2.45) is 11.8 Å². The summed E-state index contributed by atoms with van der Waals surface area (Å²) in [6.07, 6.45) is 0.934. The Labute approximate surface area is 123 Å². The van der Waals surface area contributed by atoms with Crippen molar-refractivity contribution in [3.63, 3.8) is 0 Å². The van der Waals surface area contributed by atoms with Gasteiger partial charge in [0.05, 0.1) is 17.9 Å². The monoisotopic (exact) mass is 315 g/mol. The third kappa shape index (κ3) is 4.15. The fraction of sp³-hybridized carbons (Fsp3) is 0.462. The third-order valence-corrected chi connectivity index (χ3v) is 3.97. The Morgan fingerprint density at radius 1 is 1.38 bits per heavy atom. The molecule has 0 saturated carbocycles. The summed E-state index contributed by atoms with van der Waals surface area (Å²) in [6, 6.07) is 3.77. The van der Waals surface area contributed by atoms with E-state index in [1.807, 2.05) is 6.92 Å². The fourth-order valence-electron chi connectivity index (χ4n) is 2.28. The third-order valence-electron chi connectivity index (χ3n) is 3.38. The molecule has 1 aromatic rings. The number of hydrogen-bond donors (Lipinski definition) is 3. The summed E-state index contributed by atoms with van der Waals surface area (Å²) >= 11 is 0. The maximum atomic E-state index is 13.6. The molecule has 21 heavy (non-hydrogen) atoms. The van der Waals surface area contributed by atoms with E-state index in [9.17, 15) is 17.6 Å². The van der Waals surface area contributed by atoms with Crippen LogP contribution in [0.5, 0.6) is 0 Å². The average Bonchev–Trinajstić information content (AvgIpc) is 2.78. The highest BCUT2D eigenvalue weighted by Crippen LogP contribution is 2.23. The van der Waals surface area contributed by atoms with E-state index in [0.29, 0.717) is 12.2 Å². The van der Waals surface area contributed by atoms with Crippen molar-refractivity contribution in [1.29, 1.82) is 0 Å². The summed E-state index contributed by atoms with van der Waals surface area (Å²) in [7, 11) is -3.58. The van der Waals surface area contributed by atoms with Crippen LogP contribution in [0.15, 0.2) is 18.2 Å². The molecule has 2 unspecified atom stereocenters. The van der Waals surface area contributed by atoms with Gasteiger partial charge in [-0.25, -0.2) is 12.8 Å². The molecular weight excluding hydrogens is 297 g/mol. The van der Waals surface area contributed by atoms with Crippen LogP contribution in [0.3, 0.4) is 0 Å². The summed E-state index contributed by atoms with van der Waals surface area (Å²) in [5.41, 5.74) is 0.166. The second kappa shape index (κ2) is 5.98. The van der Waals surface area contributed by atoms with Gasteiger partial charge in [0.1, 0.15) is 5.82 Å². The Morgan fingerprint density at radius 3 is 2.67 bits per heavy atom. The van der Waals surface area contributed by atoms with Gasteiger partial charge in [-0.05, 0) is 30.7 Å². The number of anilines is 2. The van der Waals surface area contributed by atoms with Gasteiger partial charge in [0.15, 0.2) is 0 Å². The highest BCUT2D eigenvalue weighted by molar-refractivity contribution is 7.92. The summed E-state index contributed by atoms with van der Waals surface area (Å²) in [4.78, 5) is 12.1. The summed E-state index contributed by atoms with van der Waals surface area (Å²) in [5.74, 6) is -0.792. The first kappa shape index (κ1) is 15.7. The van der Waals surface area contributed by atoms with Crippen LogP contribution < -0.4 is 15.4 Å². The number of halogens is 1. The molecule has 2 rings (SSSR count). The van der Waals surface area contributed by atoms with Gasteiger partial charge in [-0.2, -0.15) is 0 Å². The van der Waals surface area contributed by atoms with Gasteiger partial charge in [-0.1, -0.05) is 6.92 Å². The molecule has 1 amide bonds. The SMILES string of the molecule is CC1CNCC1C(=O)Nc1ccc(F)c(NS(C)(=O)=O)c1. The Kier molecular flexibility index (Phi) is 4.48. The van der Waals surface area contributed by atoms with Gasteiger partial charge in [-0.15, -0.1) is 0 Å². The topological polar surface area (TPSA) is 87.3 Å². The van der Waals surface area contributed by atoms with Gasteiger partial charge in [0, 0.05) is 12.2 Å². The molecule has 3 N–H and O–H groups in total. The van der Waals surface area contributed by atoms with E-state index < -0.39 is 15.8 Å². The molecule has 1 heterocycles. The number of sulfonamides is 1. The number of hydrogen-bond acceptors (Lipinski definition) is 4. The van der Waals surface area contributed by atoms with E-state index in [0.717, 1.165) is 18.9 Å². The Morgan fingerprint density at radius 2 is 2.10 bits per heavy atom. The van der Waals surface area contributed by atoms with E-state index in [1.54, 1.807) is 0 Å². The maximum absolute atomic E-state index is 13.6. The predicted octanol–water partition coefficient (Wildman–Crippen LogP) is 0.991. The lowest BCUT2D eigenvalue weighted by molar-refractivity contribution is -0.120. The number of amides is 1. The lowest BCUT2D eigenvalue weighted by Crippen LogP contribution is -2.27.